The Balaban J connectivity index is 2.31. The van der Waals surface area contributed by atoms with Crippen LogP contribution in [-0.2, 0) is 33.1 Å². The Kier molecular flexibility index (Phi) is 10.3. The highest BCUT2D eigenvalue weighted by molar-refractivity contribution is 5.98. The van der Waals surface area contributed by atoms with Gasteiger partial charge in [-0.1, -0.05) is 51.1 Å². The maximum atomic E-state index is 13.2. The van der Waals surface area contributed by atoms with Crippen LogP contribution in [0.15, 0.2) is 48.5 Å². The number of hydrogen-bond acceptors (Lipinski definition) is 4. The summed E-state index contributed by atoms with van der Waals surface area (Å²) in [6.07, 6.45) is -9.71. The highest BCUT2D eigenvalue weighted by atomic mass is 19.4. The van der Waals surface area contributed by atoms with Gasteiger partial charge in [0.05, 0.1) is 17.7 Å². The third kappa shape index (κ3) is 8.77. The Morgan fingerprint density at radius 1 is 0.868 bits per heavy atom. The number of rotatable bonds is 10. The van der Waals surface area contributed by atoms with Crippen molar-refractivity contribution in [3.63, 3.8) is 0 Å². The molecule has 208 valence electrons. The lowest BCUT2D eigenvalue weighted by Crippen LogP contribution is -2.54. The Hall–Kier alpha value is -3.57. The van der Waals surface area contributed by atoms with Gasteiger partial charge >= 0.3 is 18.3 Å². The largest absolute Gasteiger partial charge is 0.464 e. The van der Waals surface area contributed by atoms with E-state index < -0.39 is 64.8 Å². The summed E-state index contributed by atoms with van der Waals surface area (Å²) in [5, 5.41) is 4.70. The molecule has 2 amide bonds. The number of esters is 1. The highest BCUT2D eigenvalue weighted by Crippen LogP contribution is 2.36. The first-order chi connectivity index (χ1) is 17.6. The van der Waals surface area contributed by atoms with Crippen molar-refractivity contribution in [2.45, 2.75) is 58.0 Å². The van der Waals surface area contributed by atoms with Crippen LogP contribution in [0.1, 0.15) is 54.2 Å². The second-order valence-electron chi connectivity index (χ2n) is 8.91. The van der Waals surface area contributed by atoms with Crippen molar-refractivity contribution in [2.24, 2.45) is 5.92 Å². The van der Waals surface area contributed by atoms with Gasteiger partial charge in [-0.15, -0.1) is 0 Å². The molecule has 2 N–H and O–H groups in total. The van der Waals surface area contributed by atoms with Crippen LogP contribution in [0.4, 0.5) is 26.3 Å². The first-order valence-corrected chi connectivity index (χ1v) is 11.7. The molecule has 2 unspecified atom stereocenters. The van der Waals surface area contributed by atoms with Crippen LogP contribution in [0.3, 0.4) is 0 Å². The van der Waals surface area contributed by atoms with Gasteiger partial charge in [0.25, 0.3) is 5.91 Å². The lowest BCUT2D eigenvalue weighted by atomic mass is 10.00. The van der Waals surface area contributed by atoms with Crippen LogP contribution in [0, 0.1) is 5.92 Å². The standard InChI is InChI=1S/C26H28F6N2O4/c1-4-10-38-24(37)20(11-16-8-6-5-7-9-16)33-23(36)21(15(2)3)34-22(35)17-12-18(25(27,28)29)14-19(13-17)26(30,31)32/h5-9,12-15,20-21H,4,10-11H2,1-3H3,(H,33,36)(H,34,35). The monoisotopic (exact) mass is 546 g/mol. The zero-order valence-electron chi connectivity index (χ0n) is 20.9. The number of amides is 2. The topological polar surface area (TPSA) is 84.5 Å². The molecule has 2 aromatic rings. The molecule has 0 saturated carbocycles. The average molecular weight is 547 g/mol. The summed E-state index contributed by atoms with van der Waals surface area (Å²) in [5.74, 6) is -3.55. The van der Waals surface area contributed by atoms with E-state index >= 15 is 0 Å². The summed E-state index contributed by atoms with van der Waals surface area (Å²) < 4.78 is 84.3. The van der Waals surface area contributed by atoms with E-state index in [9.17, 15) is 40.7 Å². The number of nitrogens with one attached hydrogen (secondary N) is 2. The van der Waals surface area contributed by atoms with Gasteiger partial charge in [-0.25, -0.2) is 4.79 Å². The molecule has 0 bridgehead atoms. The average Bonchev–Trinajstić information content (AvgIpc) is 2.84. The molecule has 38 heavy (non-hydrogen) atoms. The van der Waals surface area contributed by atoms with Gasteiger partial charge in [0.1, 0.15) is 12.1 Å². The third-order valence-electron chi connectivity index (χ3n) is 5.42. The number of alkyl halides is 6. The first-order valence-electron chi connectivity index (χ1n) is 11.7. The normalized spacial score (nSPS) is 13.5. The molecule has 0 heterocycles. The fraction of sp³-hybridized carbons (Fsp3) is 0.423. The minimum atomic E-state index is -5.14. The summed E-state index contributed by atoms with van der Waals surface area (Å²) in [5.41, 5.74) is -3.55. The van der Waals surface area contributed by atoms with Gasteiger partial charge in [-0.05, 0) is 36.1 Å². The van der Waals surface area contributed by atoms with Crippen LogP contribution < -0.4 is 10.6 Å². The number of carbonyl (C=O) groups is 3. The fourth-order valence-electron chi connectivity index (χ4n) is 3.45. The lowest BCUT2D eigenvalue weighted by Gasteiger charge is -2.25. The lowest BCUT2D eigenvalue weighted by molar-refractivity contribution is -0.148. The number of benzene rings is 2. The smallest absolute Gasteiger partial charge is 0.416 e. The van der Waals surface area contributed by atoms with Gasteiger partial charge in [0.2, 0.25) is 5.91 Å². The zero-order chi connectivity index (χ0) is 28.7. The van der Waals surface area contributed by atoms with Crippen molar-refractivity contribution in [1.29, 1.82) is 0 Å². The van der Waals surface area contributed by atoms with Gasteiger partial charge in [0, 0.05) is 12.0 Å². The summed E-state index contributed by atoms with van der Waals surface area (Å²) in [6, 6.07) is 6.58. The Bertz CT molecular complexity index is 1080. The zero-order valence-corrected chi connectivity index (χ0v) is 20.9. The predicted octanol–water partition coefficient (Wildman–Crippen LogP) is 5.16. The van der Waals surface area contributed by atoms with E-state index in [1.54, 1.807) is 37.3 Å². The quantitative estimate of drug-likeness (QED) is 0.319. The van der Waals surface area contributed by atoms with Crippen molar-refractivity contribution in [3.8, 4) is 0 Å². The summed E-state index contributed by atoms with van der Waals surface area (Å²) >= 11 is 0. The van der Waals surface area contributed by atoms with Crippen LogP contribution in [-0.4, -0.2) is 36.5 Å². The fourth-order valence-corrected chi connectivity index (χ4v) is 3.45. The summed E-state index contributed by atoms with van der Waals surface area (Å²) in [7, 11) is 0. The van der Waals surface area contributed by atoms with Crippen molar-refractivity contribution < 1.29 is 45.5 Å². The van der Waals surface area contributed by atoms with Crippen LogP contribution in [0.5, 0.6) is 0 Å². The van der Waals surface area contributed by atoms with Gasteiger partial charge in [-0.3, -0.25) is 9.59 Å². The molecule has 12 heteroatoms. The molecule has 6 nitrogen and oxygen atoms in total. The molecule has 2 atom stereocenters. The van der Waals surface area contributed by atoms with Crippen LogP contribution in [0.2, 0.25) is 0 Å². The number of ether oxygens (including phenoxy) is 1. The van der Waals surface area contributed by atoms with Crippen molar-refractivity contribution in [3.05, 3.63) is 70.8 Å². The number of carbonyl (C=O) groups excluding carboxylic acids is 3. The molecule has 0 fully saturated rings. The minimum Gasteiger partial charge on any atom is -0.464 e. The van der Waals surface area contributed by atoms with E-state index in [2.05, 4.69) is 10.6 Å². The number of halogens is 6. The first kappa shape index (κ1) is 30.7. The molecular formula is C26H28F6N2O4. The van der Waals surface area contributed by atoms with E-state index in [4.69, 9.17) is 4.74 Å². The van der Waals surface area contributed by atoms with Crippen LogP contribution in [0.25, 0.3) is 0 Å². The molecular weight excluding hydrogens is 518 g/mol. The van der Waals surface area contributed by atoms with E-state index in [1.165, 1.54) is 13.8 Å². The summed E-state index contributed by atoms with van der Waals surface area (Å²) in [6.45, 7) is 4.90. The van der Waals surface area contributed by atoms with E-state index in [0.717, 1.165) is 0 Å². The molecule has 0 aliphatic rings. The molecule has 0 aliphatic carbocycles. The van der Waals surface area contributed by atoms with Gasteiger partial charge in [-0.2, -0.15) is 26.3 Å². The maximum absolute atomic E-state index is 13.2. The van der Waals surface area contributed by atoms with Gasteiger partial charge < -0.3 is 15.4 Å². The highest BCUT2D eigenvalue weighted by Gasteiger charge is 2.38. The molecule has 0 spiro atoms. The van der Waals surface area contributed by atoms with E-state index in [1.807, 2.05) is 0 Å². The third-order valence-corrected chi connectivity index (χ3v) is 5.42. The van der Waals surface area contributed by atoms with E-state index in [0.29, 0.717) is 12.0 Å². The molecule has 2 rings (SSSR count). The minimum absolute atomic E-state index is 0.0520. The maximum Gasteiger partial charge on any atom is 0.416 e. The van der Waals surface area contributed by atoms with Gasteiger partial charge in [0.15, 0.2) is 0 Å². The predicted molar refractivity (Wildman–Crippen MR) is 126 cm³/mol. The molecule has 0 saturated heterocycles. The summed E-state index contributed by atoms with van der Waals surface area (Å²) in [4.78, 5) is 38.4. The Morgan fingerprint density at radius 3 is 1.89 bits per heavy atom. The molecule has 0 aliphatic heterocycles. The number of hydrogen-bond donors (Lipinski definition) is 2. The Labute approximate surface area is 215 Å². The van der Waals surface area contributed by atoms with Crippen molar-refractivity contribution in [1.82, 2.24) is 10.6 Å². The second kappa shape index (κ2) is 12.8. The second-order valence-corrected chi connectivity index (χ2v) is 8.91. The Morgan fingerprint density at radius 2 is 1.42 bits per heavy atom. The molecule has 2 aromatic carbocycles. The molecule has 0 aromatic heterocycles. The van der Waals surface area contributed by atoms with Crippen molar-refractivity contribution >= 4 is 17.8 Å². The SMILES string of the molecule is CCCOC(=O)C(Cc1ccccc1)NC(=O)C(NC(=O)c1cc(C(F)(F)F)cc(C(F)(F)F)c1)C(C)C. The van der Waals surface area contributed by atoms with E-state index in [-0.39, 0.29) is 31.2 Å². The van der Waals surface area contributed by atoms with Crippen molar-refractivity contribution in [2.75, 3.05) is 6.61 Å². The van der Waals surface area contributed by atoms with Crippen LogP contribution >= 0.6 is 0 Å². The molecule has 0 radical (unpaired) electrons.